The summed E-state index contributed by atoms with van der Waals surface area (Å²) < 4.78 is 11.5. The van der Waals surface area contributed by atoms with Crippen LogP contribution in [-0.2, 0) is 16.1 Å². The zero-order valence-electron chi connectivity index (χ0n) is 11.3. The molecule has 0 spiro atoms. The van der Waals surface area contributed by atoms with Crippen LogP contribution in [0.1, 0.15) is 5.56 Å². The molecule has 0 saturated heterocycles. The topological polar surface area (TPSA) is 66.2 Å². The van der Waals surface area contributed by atoms with E-state index in [1.54, 1.807) is 24.2 Å². The maximum Gasteiger partial charge on any atom is 0.335 e. The van der Waals surface area contributed by atoms with E-state index in [0.717, 1.165) is 11.3 Å². The number of aromatic nitrogens is 3. The lowest BCUT2D eigenvalue weighted by atomic mass is 10.1. The van der Waals surface area contributed by atoms with Crippen LogP contribution >= 0.6 is 0 Å². The number of carbonyl (C=O) groups is 1. The third kappa shape index (κ3) is 3.44. The Kier molecular flexibility index (Phi) is 4.49. The summed E-state index contributed by atoms with van der Waals surface area (Å²) in [6.45, 7) is 0.296. The fourth-order valence-corrected chi connectivity index (χ4v) is 1.72. The molecule has 0 bridgehead atoms. The van der Waals surface area contributed by atoms with Gasteiger partial charge in [-0.1, -0.05) is 12.1 Å². The average Bonchev–Trinajstić information content (AvgIpc) is 2.99. The van der Waals surface area contributed by atoms with Gasteiger partial charge >= 0.3 is 5.97 Å². The summed E-state index contributed by atoms with van der Waals surface area (Å²) in [5, 5.41) is 3.98. The third-order valence-corrected chi connectivity index (χ3v) is 2.68. The van der Waals surface area contributed by atoms with E-state index in [2.05, 4.69) is 10.1 Å². The first kappa shape index (κ1) is 13.8. The van der Waals surface area contributed by atoms with E-state index in [0.29, 0.717) is 12.1 Å². The molecule has 2 aromatic rings. The lowest BCUT2D eigenvalue weighted by Gasteiger charge is -2.06. The summed E-state index contributed by atoms with van der Waals surface area (Å²) in [4.78, 5) is 15.7. The molecular formula is C14H15N3O3. The molecule has 0 fully saturated rings. The van der Waals surface area contributed by atoms with Crippen LogP contribution in [0.25, 0.3) is 6.08 Å². The minimum atomic E-state index is -0.400. The van der Waals surface area contributed by atoms with Crippen LogP contribution in [0.5, 0.6) is 5.75 Å². The third-order valence-electron chi connectivity index (χ3n) is 2.68. The minimum absolute atomic E-state index is 0.296. The van der Waals surface area contributed by atoms with Gasteiger partial charge in [0.2, 0.25) is 0 Å². The molecule has 0 aliphatic carbocycles. The average molecular weight is 273 g/mol. The Balaban J connectivity index is 2.29. The van der Waals surface area contributed by atoms with Gasteiger partial charge < -0.3 is 9.47 Å². The summed E-state index contributed by atoms with van der Waals surface area (Å²) in [5.41, 5.74) is 1.33. The standard InChI is InChI=1S/C14H15N3O3/c1-19-13-5-3-4-11(7-13)6-12(14(18)20-2)8-17-10-15-9-16-17/h3-7,9-10H,8H2,1-2H3/b12-6+. The van der Waals surface area contributed by atoms with Gasteiger partial charge in [-0.25, -0.2) is 14.5 Å². The van der Waals surface area contributed by atoms with Gasteiger partial charge in [0, 0.05) is 0 Å². The van der Waals surface area contributed by atoms with Crippen molar-refractivity contribution in [1.82, 2.24) is 14.8 Å². The zero-order valence-corrected chi connectivity index (χ0v) is 11.3. The van der Waals surface area contributed by atoms with Crippen LogP contribution in [0.15, 0.2) is 42.5 Å². The van der Waals surface area contributed by atoms with Crippen LogP contribution in [0.2, 0.25) is 0 Å². The first-order valence-electron chi connectivity index (χ1n) is 5.98. The number of rotatable bonds is 5. The summed E-state index contributed by atoms with van der Waals surface area (Å²) >= 11 is 0. The van der Waals surface area contributed by atoms with Crippen LogP contribution in [0.3, 0.4) is 0 Å². The zero-order chi connectivity index (χ0) is 14.4. The molecule has 0 atom stereocenters. The Labute approximate surface area is 116 Å². The summed E-state index contributed by atoms with van der Waals surface area (Å²) in [5.74, 6) is 0.326. The number of benzene rings is 1. The van der Waals surface area contributed by atoms with Gasteiger partial charge in [-0.3, -0.25) is 0 Å². The molecule has 6 heteroatoms. The van der Waals surface area contributed by atoms with Crippen molar-refractivity contribution in [2.24, 2.45) is 0 Å². The smallest absolute Gasteiger partial charge is 0.335 e. The van der Waals surface area contributed by atoms with E-state index >= 15 is 0 Å². The molecular weight excluding hydrogens is 258 g/mol. The van der Waals surface area contributed by atoms with Gasteiger partial charge in [0.15, 0.2) is 0 Å². The lowest BCUT2D eigenvalue weighted by Crippen LogP contribution is -2.12. The minimum Gasteiger partial charge on any atom is -0.497 e. The van der Waals surface area contributed by atoms with Crippen LogP contribution < -0.4 is 4.74 Å². The second-order valence-corrected chi connectivity index (χ2v) is 4.03. The fourth-order valence-electron chi connectivity index (χ4n) is 1.72. The number of esters is 1. The predicted octanol–water partition coefficient (Wildman–Crippen LogP) is 1.54. The molecule has 0 aliphatic rings. The molecule has 104 valence electrons. The highest BCUT2D eigenvalue weighted by Crippen LogP contribution is 2.16. The van der Waals surface area contributed by atoms with E-state index in [1.165, 1.54) is 13.4 Å². The quantitative estimate of drug-likeness (QED) is 0.610. The van der Waals surface area contributed by atoms with Gasteiger partial charge in [0.05, 0.1) is 26.3 Å². The molecule has 20 heavy (non-hydrogen) atoms. The molecule has 0 saturated carbocycles. The Morgan fingerprint density at radius 2 is 2.25 bits per heavy atom. The number of methoxy groups -OCH3 is 2. The normalized spacial score (nSPS) is 11.2. The number of carbonyl (C=O) groups excluding carboxylic acids is 1. The van der Waals surface area contributed by atoms with Gasteiger partial charge in [-0.15, -0.1) is 0 Å². The Bertz CT molecular complexity index is 606. The summed E-state index contributed by atoms with van der Waals surface area (Å²) in [6, 6.07) is 7.42. The Morgan fingerprint density at radius 3 is 2.90 bits per heavy atom. The highest BCUT2D eigenvalue weighted by atomic mass is 16.5. The first-order chi connectivity index (χ1) is 9.72. The molecule has 1 heterocycles. The number of hydrogen-bond acceptors (Lipinski definition) is 5. The Hall–Kier alpha value is -2.63. The van der Waals surface area contributed by atoms with Gasteiger partial charge in [0.1, 0.15) is 18.4 Å². The second kappa shape index (κ2) is 6.51. The maximum atomic E-state index is 11.8. The number of ether oxygens (including phenoxy) is 2. The van der Waals surface area contributed by atoms with E-state index < -0.39 is 5.97 Å². The van der Waals surface area contributed by atoms with Crippen LogP contribution in [0.4, 0.5) is 0 Å². The van der Waals surface area contributed by atoms with E-state index in [-0.39, 0.29) is 0 Å². The van der Waals surface area contributed by atoms with Crippen molar-refractivity contribution in [3.05, 3.63) is 48.1 Å². The van der Waals surface area contributed by atoms with Crippen molar-refractivity contribution in [3.8, 4) is 5.75 Å². The molecule has 0 aliphatic heterocycles. The monoisotopic (exact) mass is 273 g/mol. The molecule has 0 radical (unpaired) electrons. The first-order valence-corrected chi connectivity index (χ1v) is 5.98. The van der Waals surface area contributed by atoms with Crippen LogP contribution in [0, 0.1) is 0 Å². The predicted molar refractivity (Wildman–Crippen MR) is 73.0 cm³/mol. The summed E-state index contributed by atoms with van der Waals surface area (Å²) in [6.07, 6.45) is 4.71. The second-order valence-electron chi connectivity index (χ2n) is 4.03. The van der Waals surface area contributed by atoms with Gasteiger partial charge in [0.25, 0.3) is 0 Å². The highest BCUT2D eigenvalue weighted by Gasteiger charge is 2.11. The van der Waals surface area contributed by atoms with Crippen molar-refractivity contribution in [1.29, 1.82) is 0 Å². The van der Waals surface area contributed by atoms with E-state index in [1.807, 2.05) is 24.3 Å². The summed E-state index contributed by atoms with van der Waals surface area (Å²) in [7, 11) is 2.95. The fraction of sp³-hybridized carbons (Fsp3) is 0.214. The highest BCUT2D eigenvalue weighted by molar-refractivity contribution is 5.93. The van der Waals surface area contributed by atoms with Gasteiger partial charge in [-0.2, -0.15) is 5.10 Å². The van der Waals surface area contributed by atoms with Crippen LogP contribution in [-0.4, -0.2) is 35.0 Å². The number of hydrogen-bond donors (Lipinski definition) is 0. The molecule has 0 unspecified atom stereocenters. The van der Waals surface area contributed by atoms with Crippen molar-refractivity contribution >= 4 is 12.0 Å². The van der Waals surface area contributed by atoms with E-state index in [9.17, 15) is 4.79 Å². The van der Waals surface area contributed by atoms with Crippen molar-refractivity contribution in [2.75, 3.05) is 14.2 Å². The van der Waals surface area contributed by atoms with Crippen molar-refractivity contribution in [3.63, 3.8) is 0 Å². The lowest BCUT2D eigenvalue weighted by molar-refractivity contribution is -0.136. The molecule has 0 N–H and O–H groups in total. The number of nitrogens with zero attached hydrogens (tertiary/aromatic N) is 3. The molecule has 0 amide bonds. The van der Waals surface area contributed by atoms with Gasteiger partial charge in [-0.05, 0) is 23.8 Å². The molecule has 2 rings (SSSR count). The molecule has 1 aromatic heterocycles. The molecule has 6 nitrogen and oxygen atoms in total. The molecule has 1 aromatic carbocycles. The SMILES string of the molecule is COC(=O)/C(=C/c1cccc(OC)c1)Cn1cncn1. The maximum absolute atomic E-state index is 11.8. The Morgan fingerprint density at radius 1 is 1.40 bits per heavy atom. The van der Waals surface area contributed by atoms with Crippen molar-refractivity contribution in [2.45, 2.75) is 6.54 Å². The largest absolute Gasteiger partial charge is 0.497 e. The van der Waals surface area contributed by atoms with E-state index in [4.69, 9.17) is 9.47 Å². The van der Waals surface area contributed by atoms with Crippen molar-refractivity contribution < 1.29 is 14.3 Å².